The van der Waals surface area contributed by atoms with Crippen molar-refractivity contribution in [3.05, 3.63) is 94.2 Å². The highest BCUT2D eigenvalue weighted by Gasteiger charge is 2.22. The predicted molar refractivity (Wildman–Crippen MR) is 109 cm³/mol. The molecular formula is C22H22N2O2S. The molecular weight excluding hydrogens is 356 g/mol. The number of carbonyl (C=O) groups is 2. The Morgan fingerprint density at radius 3 is 2.15 bits per heavy atom. The summed E-state index contributed by atoms with van der Waals surface area (Å²) >= 11 is 1.36. The van der Waals surface area contributed by atoms with Gasteiger partial charge in [-0.3, -0.25) is 9.59 Å². The normalized spacial score (nSPS) is 11.6. The molecule has 138 valence electrons. The third kappa shape index (κ3) is 5.79. The van der Waals surface area contributed by atoms with Crippen molar-refractivity contribution < 1.29 is 9.59 Å². The van der Waals surface area contributed by atoms with Gasteiger partial charge >= 0.3 is 0 Å². The van der Waals surface area contributed by atoms with E-state index in [0.717, 1.165) is 12.0 Å². The van der Waals surface area contributed by atoms with E-state index in [1.165, 1.54) is 16.9 Å². The molecule has 2 aromatic carbocycles. The summed E-state index contributed by atoms with van der Waals surface area (Å²) in [6.07, 6.45) is 1.21. The standard InChI is InChI=1S/C22H22N2O2S/c25-21(23-14-13-17-8-3-1-4-9-17)19(16-18-10-5-2-6-11-18)24-22(26)20-12-7-15-27-20/h1-12,15,19H,13-14,16H2,(H,23,25)(H,24,26). The van der Waals surface area contributed by atoms with E-state index in [1.54, 1.807) is 6.07 Å². The van der Waals surface area contributed by atoms with Crippen LogP contribution >= 0.6 is 11.3 Å². The van der Waals surface area contributed by atoms with Crippen LogP contribution in [0.2, 0.25) is 0 Å². The number of hydrogen-bond acceptors (Lipinski definition) is 3. The van der Waals surface area contributed by atoms with E-state index in [2.05, 4.69) is 10.6 Å². The average Bonchev–Trinajstić information content (AvgIpc) is 3.24. The number of carbonyl (C=O) groups excluding carboxylic acids is 2. The number of thiophene rings is 1. The maximum absolute atomic E-state index is 12.7. The largest absolute Gasteiger partial charge is 0.354 e. The second-order valence-corrected chi connectivity index (χ2v) is 7.17. The number of rotatable bonds is 8. The molecule has 0 saturated carbocycles. The van der Waals surface area contributed by atoms with Crippen LogP contribution in [0.25, 0.3) is 0 Å². The first kappa shape index (κ1) is 18.9. The van der Waals surface area contributed by atoms with Crippen molar-refractivity contribution in [3.8, 4) is 0 Å². The molecule has 1 aromatic heterocycles. The van der Waals surface area contributed by atoms with E-state index in [9.17, 15) is 9.59 Å². The van der Waals surface area contributed by atoms with Gasteiger partial charge in [-0.1, -0.05) is 66.7 Å². The average molecular weight is 378 g/mol. The van der Waals surface area contributed by atoms with E-state index in [1.807, 2.05) is 72.1 Å². The lowest BCUT2D eigenvalue weighted by atomic mass is 10.0. The van der Waals surface area contributed by atoms with E-state index in [4.69, 9.17) is 0 Å². The summed E-state index contributed by atoms with van der Waals surface area (Å²) in [7, 11) is 0. The molecule has 5 heteroatoms. The molecule has 0 bridgehead atoms. The molecule has 0 radical (unpaired) electrons. The minimum Gasteiger partial charge on any atom is -0.354 e. The second-order valence-electron chi connectivity index (χ2n) is 6.22. The minimum absolute atomic E-state index is 0.167. The van der Waals surface area contributed by atoms with Gasteiger partial charge in [-0.05, 0) is 29.0 Å². The lowest BCUT2D eigenvalue weighted by Crippen LogP contribution is -2.48. The van der Waals surface area contributed by atoms with Gasteiger partial charge in [0, 0.05) is 13.0 Å². The highest BCUT2D eigenvalue weighted by atomic mass is 32.1. The molecule has 0 aliphatic heterocycles. The van der Waals surface area contributed by atoms with Crippen LogP contribution in [0.4, 0.5) is 0 Å². The Kier molecular flexibility index (Phi) is 6.77. The zero-order valence-corrected chi connectivity index (χ0v) is 15.7. The fraction of sp³-hybridized carbons (Fsp3) is 0.182. The Balaban J connectivity index is 1.62. The van der Waals surface area contributed by atoms with Crippen molar-refractivity contribution >= 4 is 23.2 Å². The van der Waals surface area contributed by atoms with E-state index in [0.29, 0.717) is 17.8 Å². The lowest BCUT2D eigenvalue weighted by Gasteiger charge is -2.18. The first-order valence-corrected chi connectivity index (χ1v) is 9.80. The maximum Gasteiger partial charge on any atom is 0.262 e. The highest BCUT2D eigenvalue weighted by Crippen LogP contribution is 2.10. The van der Waals surface area contributed by atoms with Gasteiger partial charge in [0.15, 0.2) is 0 Å². The molecule has 3 rings (SSSR count). The smallest absolute Gasteiger partial charge is 0.262 e. The molecule has 3 aromatic rings. The summed E-state index contributed by atoms with van der Waals surface area (Å²) in [6, 6.07) is 22.7. The third-order valence-electron chi connectivity index (χ3n) is 4.21. The molecule has 1 atom stereocenters. The first-order valence-electron chi connectivity index (χ1n) is 8.92. The lowest BCUT2D eigenvalue weighted by molar-refractivity contribution is -0.122. The Labute approximate surface area is 163 Å². The Bertz CT molecular complexity index is 849. The monoisotopic (exact) mass is 378 g/mol. The van der Waals surface area contributed by atoms with Gasteiger partial charge in [0.2, 0.25) is 5.91 Å². The van der Waals surface area contributed by atoms with Crippen LogP contribution in [0, 0.1) is 0 Å². The Morgan fingerprint density at radius 1 is 0.852 bits per heavy atom. The van der Waals surface area contributed by atoms with E-state index < -0.39 is 6.04 Å². The quantitative estimate of drug-likeness (QED) is 0.631. The summed E-state index contributed by atoms with van der Waals surface area (Å²) < 4.78 is 0. The van der Waals surface area contributed by atoms with Crippen LogP contribution in [-0.2, 0) is 17.6 Å². The van der Waals surface area contributed by atoms with Crippen LogP contribution in [0.1, 0.15) is 20.8 Å². The summed E-state index contributed by atoms with van der Waals surface area (Å²) in [5.74, 6) is -0.385. The minimum atomic E-state index is -0.613. The van der Waals surface area contributed by atoms with Gasteiger partial charge in [0.25, 0.3) is 5.91 Å². The molecule has 0 spiro atoms. The molecule has 4 nitrogen and oxygen atoms in total. The molecule has 27 heavy (non-hydrogen) atoms. The maximum atomic E-state index is 12.7. The molecule has 1 unspecified atom stereocenters. The Morgan fingerprint density at radius 2 is 1.52 bits per heavy atom. The van der Waals surface area contributed by atoms with Crippen LogP contribution in [-0.4, -0.2) is 24.4 Å². The van der Waals surface area contributed by atoms with Gasteiger partial charge in [0.05, 0.1) is 4.88 Å². The number of hydrogen-bond donors (Lipinski definition) is 2. The van der Waals surface area contributed by atoms with Gasteiger partial charge in [-0.15, -0.1) is 11.3 Å². The van der Waals surface area contributed by atoms with Crippen molar-refractivity contribution in [1.29, 1.82) is 0 Å². The van der Waals surface area contributed by atoms with Crippen molar-refractivity contribution in [2.75, 3.05) is 6.54 Å². The molecule has 0 fully saturated rings. The number of benzene rings is 2. The topological polar surface area (TPSA) is 58.2 Å². The fourth-order valence-electron chi connectivity index (χ4n) is 2.79. The number of amides is 2. The van der Waals surface area contributed by atoms with E-state index >= 15 is 0 Å². The fourth-order valence-corrected chi connectivity index (χ4v) is 3.42. The predicted octanol–water partition coefficient (Wildman–Crippen LogP) is 3.45. The first-order chi connectivity index (χ1) is 13.2. The van der Waals surface area contributed by atoms with Crippen molar-refractivity contribution in [2.24, 2.45) is 0 Å². The summed E-state index contributed by atoms with van der Waals surface area (Å²) in [5.41, 5.74) is 2.17. The number of nitrogens with one attached hydrogen (secondary N) is 2. The summed E-state index contributed by atoms with van der Waals surface area (Å²) in [5, 5.41) is 7.68. The molecule has 2 amide bonds. The van der Waals surface area contributed by atoms with Crippen molar-refractivity contribution in [2.45, 2.75) is 18.9 Å². The third-order valence-corrected chi connectivity index (χ3v) is 5.07. The molecule has 0 saturated heterocycles. The van der Waals surface area contributed by atoms with Crippen LogP contribution in [0.5, 0.6) is 0 Å². The SMILES string of the molecule is O=C(NC(Cc1ccccc1)C(=O)NCCc1ccccc1)c1cccs1. The highest BCUT2D eigenvalue weighted by molar-refractivity contribution is 7.12. The Hall–Kier alpha value is -2.92. The van der Waals surface area contributed by atoms with Crippen LogP contribution in [0.15, 0.2) is 78.2 Å². The van der Waals surface area contributed by atoms with Crippen LogP contribution < -0.4 is 10.6 Å². The van der Waals surface area contributed by atoms with Crippen molar-refractivity contribution in [1.82, 2.24) is 10.6 Å². The van der Waals surface area contributed by atoms with Crippen LogP contribution in [0.3, 0.4) is 0 Å². The second kappa shape index (κ2) is 9.69. The molecule has 0 aliphatic rings. The van der Waals surface area contributed by atoms with Gasteiger partial charge in [-0.25, -0.2) is 0 Å². The summed E-state index contributed by atoms with van der Waals surface area (Å²) in [6.45, 7) is 0.531. The zero-order valence-electron chi connectivity index (χ0n) is 14.9. The molecule has 2 N–H and O–H groups in total. The van der Waals surface area contributed by atoms with Gasteiger partial charge < -0.3 is 10.6 Å². The molecule has 0 aliphatic carbocycles. The van der Waals surface area contributed by atoms with Crippen molar-refractivity contribution in [3.63, 3.8) is 0 Å². The van der Waals surface area contributed by atoms with Gasteiger partial charge in [-0.2, -0.15) is 0 Å². The van der Waals surface area contributed by atoms with Gasteiger partial charge in [0.1, 0.15) is 6.04 Å². The zero-order chi connectivity index (χ0) is 18.9. The molecule has 1 heterocycles. The van der Waals surface area contributed by atoms with E-state index in [-0.39, 0.29) is 11.8 Å². The summed E-state index contributed by atoms with van der Waals surface area (Å²) in [4.78, 5) is 25.7.